The topological polar surface area (TPSA) is 68.4 Å². The van der Waals surface area contributed by atoms with Gasteiger partial charge in [0, 0.05) is 63.3 Å². The molecular formula is C19H22N6OS. The van der Waals surface area contributed by atoms with E-state index in [0.717, 1.165) is 69.3 Å². The van der Waals surface area contributed by atoms with E-state index in [1.807, 2.05) is 4.90 Å². The molecule has 1 aromatic carbocycles. The van der Waals surface area contributed by atoms with Crippen LogP contribution in [0.4, 0.5) is 5.82 Å². The number of piperazine rings is 1. The van der Waals surface area contributed by atoms with Gasteiger partial charge in [0.05, 0.1) is 16.5 Å². The molecule has 0 bridgehead atoms. The molecule has 2 aromatic heterocycles. The number of carbonyl (C=O) groups excluding carboxylic acids is 1. The number of benzene rings is 1. The Hall–Kier alpha value is -2.45. The highest BCUT2D eigenvalue weighted by molar-refractivity contribution is 7.13. The predicted molar refractivity (Wildman–Crippen MR) is 106 cm³/mol. The zero-order valence-electron chi connectivity index (χ0n) is 15.1. The molecule has 3 aromatic rings. The van der Waals surface area contributed by atoms with Crippen molar-refractivity contribution in [1.29, 1.82) is 0 Å². The number of amides is 1. The van der Waals surface area contributed by atoms with Crippen molar-refractivity contribution >= 4 is 33.3 Å². The number of aromatic nitrogens is 3. The zero-order chi connectivity index (χ0) is 18.2. The molecule has 8 heteroatoms. The number of hydrogen-bond donors (Lipinski definition) is 1. The fourth-order valence-electron chi connectivity index (χ4n) is 3.97. The van der Waals surface area contributed by atoms with E-state index in [1.54, 1.807) is 17.7 Å². The molecule has 1 N–H and O–H groups in total. The van der Waals surface area contributed by atoms with Crippen LogP contribution in [0.25, 0.3) is 10.1 Å². The van der Waals surface area contributed by atoms with Crippen LogP contribution in [0.1, 0.15) is 16.1 Å². The maximum absolute atomic E-state index is 12.5. The summed E-state index contributed by atoms with van der Waals surface area (Å²) in [6.45, 7) is 6.45. The van der Waals surface area contributed by atoms with Crippen LogP contribution < -0.4 is 4.90 Å². The Kier molecular flexibility index (Phi) is 4.29. The van der Waals surface area contributed by atoms with Gasteiger partial charge in [0.15, 0.2) is 0 Å². The van der Waals surface area contributed by atoms with Crippen molar-refractivity contribution in [2.24, 2.45) is 0 Å². The Balaban J connectivity index is 1.17. The van der Waals surface area contributed by atoms with Gasteiger partial charge in [-0.2, -0.15) is 9.47 Å². The SMILES string of the molecule is O=C1c2cn[nH]c2CCN1CCN1CCN(c2nsc3ccccc23)CC1. The Morgan fingerprint density at radius 3 is 2.81 bits per heavy atom. The number of rotatable bonds is 4. The van der Waals surface area contributed by atoms with E-state index in [-0.39, 0.29) is 5.91 Å². The second kappa shape index (κ2) is 6.94. The summed E-state index contributed by atoms with van der Waals surface area (Å²) in [5.41, 5.74) is 1.71. The second-order valence-electron chi connectivity index (χ2n) is 7.14. The standard InChI is InChI=1S/C19H22N6OS/c26-19-15-13-20-21-16(15)5-6-25(19)12-9-23-7-10-24(11-8-23)18-14-3-1-2-4-17(14)27-22-18/h1-4,13H,5-12H2,(H,20,21). The predicted octanol–water partition coefficient (Wildman–Crippen LogP) is 1.84. The zero-order valence-corrected chi connectivity index (χ0v) is 15.9. The molecule has 0 atom stereocenters. The first-order valence-electron chi connectivity index (χ1n) is 9.43. The molecular weight excluding hydrogens is 360 g/mol. The Bertz CT molecular complexity index is 958. The van der Waals surface area contributed by atoms with Crippen molar-refractivity contribution in [2.45, 2.75) is 6.42 Å². The quantitative estimate of drug-likeness (QED) is 0.746. The van der Waals surface area contributed by atoms with Crippen molar-refractivity contribution in [1.82, 2.24) is 24.4 Å². The van der Waals surface area contributed by atoms with Gasteiger partial charge in [-0.15, -0.1) is 0 Å². The van der Waals surface area contributed by atoms with Crippen LogP contribution in [0.15, 0.2) is 30.5 Å². The minimum atomic E-state index is 0.109. The van der Waals surface area contributed by atoms with Crippen LogP contribution in [-0.4, -0.2) is 76.1 Å². The lowest BCUT2D eigenvalue weighted by Gasteiger charge is -2.36. The van der Waals surface area contributed by atoms with E-state index in [1.165, 1.54) is 10.1 Å². The fourth-order valence-corrected chi connectivity index (χ4v) is 4.76. The molecule has 4 heterocycles. The van der Waals surface area contributed by atoms with Crippen LogP contribution in [-0.2, 0) is 6.42 Å². The van der Waals surface area contributed by atoms with Gasteiger partial charge in [-0.1, -0.05) is 12.1 Å². The molecule has 2 aliphatic rings. The van der Waals surface area contributed by atoms with Crippen LogP contribution >= 0.6 is 11.5 Å². The number of nitrogens with zero attached hydrogens (tertiary/aromatic N) is 5. The largest absolute Gasteiger partial charge is 0.353 e. The maximum atomic E-state index is 12.5. The number of anilines is 1. The second-order valence-corrected chi connectivity index (χ2v) is 7.94. The third-order valence-electron chi connectivity index (χ3n) is 5.58. The van der Waals surface area contributed by atoms with Gasteiger partial charge < -0.3 is 9.80 Å². The number of hydrogen-bond acceptors (Lipinski definition) is 6. The first-order valence-corrected chi connectivity index (χ1v) is 10.2. The lowest BCUT2D eigenvalue weighted by atomic mass is 10.1. The summed E-state index contributed by atoms with van der Waals surface area (Å²) in [5, 5.41) is 8.18. The Labute approximate surface area is 161 Å². The molecule has 0 radical (unpaired) electrons. The molecule has 1 amide bonds. The maximum Gasteiger partial charge on any atom is 0.257 e. The summed E-state index contributed by atoms with van der Waals surface area (Å²) in [4.78, 5) is 19.3. The van der Waals surface area contributed by atoms with Gasteiger partial charge in [-0.3, -0.25) is 14.8 Å². The van der Waals surface area contributed by atoms with Crippen molar-refractivity contribution < 1.29 is 4.79 Å². The van der Waals surface area contributed by atoms with E-state index >= 15 is 0 Å². The van der Waals surface area contributed by atoms with Gasteiger partial charge >= 0.3 is 0 Å². The van der Waals surface area contributed by atoms with Gasteiger partial charge in [-0.25, -0.2) is 0 Å². The Morgan fingerprint density at radius 2 is 1.93 bits per heavy atom. The van der Waals surface area contributed by atoms with Crippen molar-refractivity contribution in [3.05, 3.63) is 41.7 Å². The number of carbonyl (C=O) groups is 1. The molecule has 27 heavy (non-hydrogen) atoms. The van der Waals surface area contributed by atoms with E-state index in [2.05, 4.69) is 48.6 Å². The fraction of sp³-hybridized carbons (Fsp3) is 0.421. The van der Waals surface area contributed by atoms with Crippen molar-refractivity contribution in [3.8, 4) is 0 Å². The summed E-state index contributed by atoms with van der Waals surface area (Å²) in [6, 6.07) is 8.44. The molecule has 7 nitrogen and oxygen atoms in total. The van der Waals surface area contributed by atoms with Gasteiger partial charge in [0.1, 0.15) is 5.82 Å². The monoisotopic (exact) mass is 382 g/mol. The third-order valence-corrected chi connectivity index (χ3v) is 6.40. The van der Waals surface area contributed by atoms with Gasteiger partial charge in [-0.05, 0) is 23.7 Å². The first-order chi connectivity index (χ1) is 13.3. The summed E-state index contributed by atoms with van der Waals surface area (Å²) in [7, 11) is 0. The summed E-state index contributed by atoms with van der Waals surface area (Å²) in [6.07, 6.45) is 2.52. The van der Waals surface area contributed by atoms with E-state index in [0.29, 0.717) is 0 Å². The average molecular weight is 382 g/mol. The van der Waals surface area contributed by atoms with Crippen molar-refractivity contribution in [2.75, 3.05) is 50.7 Å². The molecule has 140 valence electrons. The van der Waals surface area contributed by atoms with E-state index < -0.39 is 0 Å². The van der Waals surface area contributed by atoms with Gasteiger partial charge in [0.2, 0.25) is 0 Å². The molecule has 0 unspecified atom stereocenters. The summed E-state index contributed by atoms with van der Waals surface area (Å²) < 4.78 is 5.92. The first kappa shape index (κ1) is 16.7. The average Bonchev–Trinajstić information content (AvgIpc) is 3.35. The molecule has 0 aliphatic carbocycles. The van der Waals surface area contributed by atoms with Crippen LogP contribution in [0.3, 0.4) is 0 Å². The lowest BCUT2D eigenvalue weighted by molar-refractivity contribution is 0.0716. The van der Waals surface area contributed by atoms with Crippen LogP contribution in [0.5, 0.6) is 0 Å². The lowest BCUT2D eigenvalue weighted by Crippen LogP contribution is -2.49. The molecule has 1 saturated heterocycles. The van der Waals surface area contributed by atoms with Gasteiger partial charge in [0.25, 0.3) is 5.91 Å². The minimum absolute atomic E-state index is 0.109. The molecule has 1 fully saturated rings. The van der Waals surface area contributed by atoms with Crippen LogP contribution in [0.2, 0.25) is 0 Å². The van der Waals surface area contributed by atoms with E-state index in [4.69, 9.17) is 0 Å². The molecule has 0 spiro atoms. The number of nitrogens with one attached hydrogen (secondary N) is 1. The number of H-pyrrole nitrogens is 1. The highest BCUT2D eigenvalue weighted by Crippen LogP contribution is 2.29. The molecule has 5 rings (SSSR count). The number of fused-ring (bicyclic) bond motifs is 2. The number of aromatic amines is 1. The van der Waals surface area contributed by atoms with E-state index in [9.17, 15) is 4.79 Å². The Morgan fingerprint density at radius 1 is 1.07 bits per heavy atom. The normalized spacial score (nSPS) is 18.3. The third kappa shape index (κ3) is 3.08. The van der Waals surface area contributed by atoms with Crippen LogP contribution in [0, 0.1) is 0 Å². The van der Waals surface area contributed by atoms with Crippen molar-refractivity contribution in [3.63, 3.8) is 0 Å². The summed E-state index contributed by atoms with van der Waals surface area (Å²) in [5.74, 6) is 1.23. The minimum Gasteiger partial charge on any atom is -0.353 e. The molecule has 2 aliphatic heterocycles. The highest BCUT2D eigenvalue weighted by atomic mass is 32.1. The smallest absolute Gasteiger partial charge is 0.257 e. The summed E-state index contributed by atoms with van der Waals surface area (Å²) >= 11 is 1.58. The molecule has 0 saturated carbocycles. The highest BCUT2D eigenvalue weighted by Gasteiger charge is 2.27.